The van der Waals surface area contributed by atoms with Crippen molar-refractivity contribution in [2.75, 3.05) is 13.7 Å². The van der Waals surface area contributed by atoms with Gasteiger partial charge in [-0.3, -0.25) is 4.68 Å². The van der Waals surface area contributed by atoms with Crippen molar-refractivity contribution >= 4 is 0 Å². The van der Waals surface area contributed by atoms with Crippen LogP contribution in [0.2, 0.25) is 0 Å². The van der Waals surface area contributed by atoms with Crippen molar-refractivity contribution in [1.82, 2.24) is 9.78 Å². The summed E-state index contributed by atoms with van der Waals surface area (Å²) in [7, 11) is 1.88. The summed E-state index contributed by atoms with van der Waals surface area (Å²) < 4.78 is 7.59. The molecule has 4 heteroatoms. The third kappa shape index (κ3) is 3.60. The fourth-order valence-electron chi connectivity index (χ4n) is 10.1. The summed E-state index contributed by atoms with van der Waals surface area (Å²) in [5.74, 6) is 4.88. The Kier molecular flexibility index (Phi) is 5.96. The largest absolute Gasteiger partial charge is 0.384 e. The monoisotopic (exact) mass is 451 g/mol. The molecule has 0 bridgehead atoms. The zero-order valence-electron chi connectivity index (χ0n) is 21.6. The van der Waals surface area contributed by atoms with Gasteiger partial charge < -0.3 is 4.74 Å². The van der Waals surface area contributed by atoms with Crippen LogP contribution in [0.3, 0.4) is 0 Å². The summed E-state index contributed by atoms with van der Waals surface area (Å²) >= 11 is 0. The number of ether oxygens (including phenoxy) is 1. The average Bonchev–Trinajstić information content (AvgIpc) is 3.38. The summed E-state index contributed by atoms with van der Waals surface area (Å²) in [6.07, 6.45) is 16.3. The average molecular weight is 452 g/mol. The van der Waals surface area contributed by atoms with E-state index in [1.54, 1.807) is 6.20 Å². The molecular weight excluding hydrogens is 406 g/mol. The first-order chi connectivity index (χ1) is 15.7. The zero-order valence-corrected chi connectivity index (χ0v) is 21.6. The molecule has 0 spiro atoms. The fourth-order valence-corrected chi connectivity index (χ4v) is 10.1. The number of nitrogens with zero attached hydrogens (tertiary/aromatic N) is 3. The molecule has 9 unspecified atom stereocenters. The van der Waals surface area contributed by atoms with Crippen molar-refractivity contribution in [3.8, 4) is 6.07 Å². The second-order valence-corrected chi connectivity index (χ2v) is 13.2. The maximum atomic E-state index is 9.16. The van der Waals surface area contributed by atoms with Crippen LogP contribution in [-0.2, 0) is 11.3 Å². The third-order valence-electron chi connectivity index (χ3n) is 11.9. The summed E-state index contributed by atoms with van der Waals surface area (Å²) in [6, 6.07) is 2.22. The van der Waals surface area contributed by atoms with E-state index < -0.39 is 0 Å². The lowest BCUT2D eigenvalue weighted by Crippen LogP contribution is -2.58. The van der Waals surface area contributed by atoms with E-state index in [0.29, 0.717) is 27.7 Å². The van der Waals surface area contributed by atoms with Crippen LogP contribution in [0.15, 0.2) is 12.4 Å². The molecule has 0 aliphatic heterocycles. The van der Waals surface area contributed by atoms with Crippen molar-refractivity contribution < 1.29 is 4.74 Å². The Morgan fingerprint density at radius 1 is 1.12 bits per heavy atom. The van der Waals surface area contributed by atoms with Crippen LogP contribution >= 0.6 is 0 Å². The van der Waals surface area contributed by atoms with E-state index in [2.05, 4.69) is 38.9 Å². The highest BCUT2D eigenvalue weighted by Gasteiger charge is 2.63. The Morgan fingerprint density at radius 3 is 2.67 bits per heavy atom. The van der Waals surface area contributed by atoms with E-state index in [-0.39, 0.29) is 0 Å². The quantitative estimate of drug-likeness (QED) is 0.500. The summed E-state index contributed by atoms with van der Waals surface area (Å²) in [5.41, 5.74) is 2.15. The number of methoxy groups -OCH3 is 1. The third-order valence-corrected chi connectivity index (χ3v) is 11.9. The number of rotatable bonds is 5. The number of hydrogen-bond acceptors (Lipinski definition) is 3. The van der Waals surface area contributed by atoms with E-state index in [4.69, 9.17) is 10.00 Å². The van der Waals surface area contributed by atoms with Crippen molar-refractivity contribution in [3.05, 3.63) is 18.0 Å². The number of nitriles is 1. The lowest BCUT2D eigenvalue weighted by molar-refractivity contribution is -0.166. The molecule has 0 radical (unpaired) electrons. The van der Waals surface area contributed by atoms with Crippen LogP contribution in [0.25, 0.3) is 0 Å². The molecule has 0 amide bonds. The maximum absolute atomic E-state index is 9.16. The van der Waals surface area contributed by atoms with Crippen LogP contribution in [0.1, 0.15) is 91.0 Å². The Morgan fingerprint density at radius 2 is 1.94 bits per heavy atom. The molecule has 1 aromatic heterocycles. The number of aromatic nitrogens is 2. The molecule has 9 atom stereocenters. The van der Waals surface area contributed by atoms with Gasteiger partial charge in [0.1, 0.15) is 6.07 Å². The van der Waals surface area contributed by atoms with Gasteiger partial charge in [-0.25, -0.2) is 0 Å². The highest BCUT2D eigenvalue weighted by molar-refractivity contribution is 5.21. The Labute approximate surface area is 201 Å². The second kappa shape index (κ2) is 8.40. The molecule has 4 nitrogen and oxygen atoms in total. The molecule has 0 aromatic carbocycles. The molecule has 0 N–H and O–H groups in total. The van der Waals surface area contributed by atoms with Crippen molar-refractivity contribution in [2.45, 2.75) is 92.0 Å². The molecule has 0 saturated heterocycles. The lowest BCUT2D eigenvalue weighted by atomic mass is 9.39. The highest BCUT2D eigenvalue weighted by Crippen LogP contribution is 2.71. The summed E-state index contributed by atoms with van der Waals surface area (Å²) in [5, 5.41) is 13.6. The van der Waals surface area contributed by atoms with Crippen molar-refractivity contribution in [3.63, 3.8) is 0 Å². The van der Waals surface area contributed by atoms with Crippen molar-refractivity contribution in [1.29, 1.82) is 5.26 Å². The molecule has 1 aromatic rings. The summed E-state index contributed by atoms with van der Waals surface area (Å²) in [6.45, 7) is 12.3. The Bertz CT molecular complexity index is 903. The van der Waals surface area contributed by atoms with Crippen LogP contribution < -0.4 is 0 Å². The predicted molar refractivity (Wildman–Crippen MR) is 131 cm³/mol. The van der Waals surface area contributed by atoms with Gasteiger partial charge in [0.2, 0.25) is 0 Å². The minimum absolute atomic E-state index is 0.475. The fraction of sp³-hybridized carbons (Fsp3) is 0.862. The van der Waals surface area contributed by atoms with Crippen LogP contribution in [0.5, 0.6) is 0 Å². The van der Waals surface area contributed by atoms with E-state index in [1.807, 2.05) is 18.0 Å². The van der Waals surface area contributed by atoms with E-state index in [1.165, 1.54) is 57.8 Å². The molecule has 4 fully saturated rings. The molecule has 4 aliphatic carbocycles. The number of fused-ring (bicyclic) bond motifs is 5. The van der Waals surface area contributed by atoms with Gasteiger partial charge in [-0.05, 0) is 110 Å². The second-order valence-electron chi connectivity index (χ2n) is 13.2. The van der Waals surface area contributed by atoms with Crippen molar-refractivity contribution in [2.24, 2.45) is 51.8 Å². The van der Waals surface area contributed by atoms with Crippen LogP contribution in [-0.4, -0.2) is 23.5 Å². The minimum Gasteiger partial charge on any atom is -0.384 e. The first-order valence-electron chi connectivity index (χ1n) is 13.7. The maximum Gasteiger partial charge on any atom is 0.102 e. The van der Waals surface area contributed by atoms with Gasteiger partial charge in [-0.1, -0.05) is 27.7 Å². The SMILES string of the molecule is COCC1CCC2(C)C3CCC4(C)C(C(C)Cn5cc(C#N)cn5)CCC4C3CCC2(C)C1. The Hall–Kier alpha value is -1.34. The highest BCUT2D eigenvalue weighted by atomic mass is 16.5. The van der Waals surface area contributed by atoms with Crippen LogP contribution in [0, 0.1) is 63.1 Å². The van der Waals surface area contributed by atoms with Gasteiger partial charge in [0, 0.05) is 26.5 Å². The van der Waals surface area contributed by atoms with Gasteiger partial charge in [0.25, 0.3) is 0 Å². The normalized spacial score (nSPS) is 45.5. The number of hydrogen-bond donors (Lipinski definition) is 0. The van der Waals surface area contributed by atoms with Gasteiger partial charge >= 0.3 is 0 Å². The smallest absolute Gasteiger partial charge is 0.102 e. The molecule has 4 saturated carbocycles. The minimum atomic E-state index is 0.475. The van der Waals surface area contributed by atoms with Gasteiger partial charge in [-0.15, -0.1) is 0 Å². The van der Waals surface area contributed by atoms with Gasteiger partial charge in [0.05, 0.1) is 11.8 Å². The molecule has 5 rings (SSSR count). The van der Waals surface area contributed by atoms with Gasteiger partial charge in [-0.2, -0.15) is 10.4 Å². The van der Waals surface area contributed by atoms with E-state index in [0.717, 1.165) is 42.7 Å². The molecule has 182 valence electrons. The summed E-state index contributed by atoms with van der Waals surface area (Å²) in [4.78, 5) is 0. The standard InChI is InChI=1S/C29H45N3O/c1-20(17-32-18-22(15-30)16-31-32)24-6-7-25-23-9-11-27(2)14-21(19-33-5)8-13-29(27,4)26(23)10-12-28(24,25)3/h16,18,20-21,23-26H,6-14,17,19H2,1-5H3. The van der Waals surface area contributed by atoms with E-state index in [9.17, 15) is 0 Å². The lowest BCUT2D eigenvalue weighted by Gasteiger charge is -2.65. The first-order valence-corrected chi connectivity index (χ1v) is 13.7. The van der Waals surface area contributed by atoms with Crippen LogP contribution in [0.4, 0.5) is 0 Å². The topological polar surface area (TPSA) is 50.8 Å². The first kappa shape index (κ1) is 23.4. The zero-order chi connectivity index (χ0) is 23.4. The molecule has 1 heterocycles. The Balaban J connectivity index is 1.33. The molecule has 4 aliphatic rings. The molecular formula is C29H45N3O. The van der Waals surface area contributed by atoms with E-state index >= 15 is 0 Å². The predicted octanol–water partition coefficient (Wildman–Crippen LogP) is 6.70. The molecule has 33 heavy (non-hydrogen) atoms. The van der Waals surface area contributed by atoms with Gasteiger partial charge in [0.15, 0.2) is 0 Å².